The normalized spacial score (nSPS) is 11.2. The lowest BCUT2D eigenvalue weighted by Crippen LogP contribution is -2.04. The number of para-hydroxylation sites is 2. The summed E-state index contributed by atoms with van der Waals surface area (Å²) in [6, 6.07) is 26.7. The Labute approximate surface area is 183 Å². The molecule has 0 saturated carbocycles. The average molecular weight is 429 g/mol. The van der Waals surface area contributed by atoms with Gasteiger partial charge in [0.25, 0.3) is 0 Å². The Bertz CT molecular complexity index is 1290. The molecular weight excluding hydrogens is 408 g/mol. The van der Waals surface area contributed by atoms with Gasteiger partial charge in [-0.1, -0.05) is 72.4 Å². The molecule has 2 heterocycles. The summed E-state index contributed by atoms with van der Waals surface area (Å²) in [6.45, 7) is 2.08. The van der Waals surface area contributed by atoms with Crippen LogP contribution in [-0.4, -0.2) is 14.8 Å². The summed E-state index contributed by atoms with van der Waals surface area (Å²) in [5.41, 5.74) is 12.9. The van der Waals surface area contributed by atoms with Crippen LogP contribution in [0.1, 0.15) is 11.3 Å². The summed E-state index contributed by atoms with van der Waals surface area (Å²) in [6.07, 6.45) is 0. The van der Waals surface area contributed by atoms with Crippen LogP contribution in [0.5, 0.6) is 0 Å². The zero-order valence-electron chi connectivity index (χ0n) is 16.4. The molecule has 0 unspecified atom stereocenters. The zero-order valence-corrected chi connectivity index (χ0v) is 18.1. The van der Waals surface area contributed by atoms with Crippen molar-refractivity contribution < 1.29 is 0 Å². The lowest BCUT2D eigenvalue weighted by molar-refractivity contribution is 0.862. The summed E-state index contributed by atoms with van der Waals surface area (Å²) >= 11 is 3.42. The minimum atomic E-state index is 0.662. The molecule has 0 bridgehead atoms. The van der Waals surface area contributed by atoms with Gasteiger partial charge < -0.3 is 5.73 Å². The molecule has 0 aliphatic heterocycles. The number of aryl methyl sites for hydroxylation is 1. The molecule has 5 rings (SSSR count). The van der Waals surface area contributed by atoms with Crippen molar-refractivity contribution >= 4 is 39.1 Å². The smallest absolute Gasteiger partial charge is 0.151 e. The molecule has 0 spiro atoms. The summed E-state index contributed by atoms with van der Waals surface area (Å²) in [5.74, 6) is 1.36. The molecule has 6 heteroatoms. The number of fused-ring (bicyclic) bond motifs is 1. The van der Waals surface area contributed by atoms with Gasteiger partial charge >= 0.3 is 0 Å². The van der Waals surface area contributed by atoms with E-state index in [0.717, 1.165) is 37.9 Å². The summed E-state index contributed by atoms with van der Waals surface area (Å²) in [7, 11) is 0. The van der Waals surface area contributed by atoms with Crippen LogP contribution in [0.25, 0.3) is 27.0 Å². The van der Waals surface area contributed by atoms with Gasteiger partial charge in [0.05, 0.1) is 21.6 Å². The maximum absolute atomic E-state index is 6.65. The van der Waals surface area contributed by atoms with E-state index >= 15 is 0 Å². The van der Waals surface area contributed by atoms with Crippen LogP contribution >= 0.6 is 23.1 Å². The van der Waals surface area contributed by atoms with E-state index in [9.17, 15) is 0 Å². The average Bonchev–Trinajstić information content (AvgIpc) is 3.33. The SMILES string of the molecule is Cc1ccccc1-n1nc(CSc2nc3ccccc3s2)c(-c2ccccc2)c1N. The van der Waals surface area contributed by atoms with E-state index in [0.29, 0.717) is 11.6 Å². The Kier molecular flexibility index (Phi) is 5.02. The fraction of sp³-hybridized carbons (Fsp3) is 0.0833. The van der Waals surface area contributed by atoms with Crippen molar-refractivity contribution in [2.75, 3.05) is 5.73 Å². The van der Waals surface area contributed by atoms with Crippen molar-refractivity contribution in [3.8, 4) is 16.8 Å². The van der Waals surface area contributed by atoms with E-state index in [1.54, 1.807) is 23.1 Å². The highest BCUT2D eigenvalue weighted by atomic mass is 32.2. The third kappa shape index (κ3) is 3.49. The Balaban J connectivity index is 1.56. The topological polar surface area (TPSA) is 56.7 Å². The second-order valence-electron chi connectivity index (χ2n) is 7.01. The number of thioether (sulfide) groups is 1. The number of aromatic nitrogens is 3. The standard InChI is InChI=1S/C24H20N4S2/c1-16-9-5-7-13-20(16)28-23(25)22(17-10-3-2-4-11-17)19(27-28)15-29-24-26-18-12-6-8-14-21(18)30-24/h2-14H,15,25H2,1H3. The summed E-state index contributed by atoms with van der Waals surface area (Å²) in [5, 5.41) is 4.93. The molecule has 0 saturated heterocycles. The quantitative estimate of drug-likeness (QED) is 0.332. The van der Waals surface area contributed by atoms with Crippen LogP contribution in [0, 0.1) is 6.92 Å². The van der Waals surface area contributed by atoms with Gasteiger partial charge in [0.2, 0.25) is 0 Å². The second-order valence-corrected chi connectivity index (χ2v) is 9.26. The second kappa shape index (κ2) is 7.97. The third-order valence-corrected chi connectivity index (χ3v) is 7.20. The predicted molar refractivity (Wildman–Crippen MR) is 127 cm³/mol. The zero-order chi connectivity index (χ0) is 20.5. The number of thiazole rings is 1. The first-order chi connectivity index (χ1) is 14.7. The van der Waals surface area contributed by atoms with E-state index in [4.69, 9.17) is 15.8 Å². The molecule has 148 valence electrons. The highest BCUT2D eigenvalue weighted by Gasteiger charge is 2.19. The number of rotatable bonds is 5. The van der Waals surface area contributed by atoms with Crippen LogP contribution in [-0.2, 0) is 5.75 Å². The van der Waals surface area contributed by atoms with Crippen LogP contribution in [0.15, 0.2) is 83.2 Å². The summed E-state index contributed by atoms with van der Waals surface area (Å²) in [4.78, 5) is 4.75. The van der Waals surface area contributed by atoms with Gasteiger partial charge in [0.15, 0.2) is 4.34 Å². The Morgan fingerprint density at radius 3 is 2.47 bits per heavy atom. The third-order valence-electron chi connectivity index (χ3n) is 5.01. The summed E-state index contributed by atoms with van der Waals surface area (Å²) < 4.78 is 4.11. The Hall–Kier alpha value is -3.09. The number of benzene rings is 3. The van der Waals surface area contributed by atoms with Gasteiger partial charge in [-0.25, -0.2) is 9.67 Å². The highest BCUT2D eigenvalue weighted by Crippen LogP contribution is 2.37. The first-order valence-electron chi connectivity index (χ1n) is 9.68. The largest absolute Gasteiger partial charge is 0.383 e. The van der Waals surface area contributed by atoms with Crippen molar-refractivity contribution in [3.05, 3.63) is 90.1 Å². The van der Waals surface area contributed by atoms with Crippen LogP contribution in [0.3, 0.4) is 0 Å². The molecule has 0 amide bonds. The first-order valence-corrected chi connectivity index (χ1v) is 11.5. The minimum absolute atomic E-state index is 0.662. The van der Waals surface area contributed by atoms with E-state index in [2.05, 4.69) is 43.3 Å². The van der Waals surface area contributed by atoms with E-state index in [-0.39, 0.29) is 0 Å². The number of anilines is 1. The van der Waals surface area contributed by atoms with E-state index in [1.165, 1.54) is 4.70 Å². The molecule has 4 nitrogen and oxygen atoms in total. The molecule has 2 aromatic heterocycles. The number of nitrogens with two attached hydrogens (primary N) is 1. The lowest BCUT2D eigenvalue weighted by Gasteiger charge is -2.08. The van der Waals surface area contributed by atoms with Gasteiger partial charge in [0, 0.05) is 11.3 Å². The maximum Gasteiger partial charge on any atom is 0.151 e. The molecule has 2 N–H and O–H groups in total. The lowest BCUT2D eigenvalue weighted by atomic mass is 10.1. The monoisotopic (exact) mass is 428 g/mol. The molecule has 0 atom stereocenters. The molecule has 5 aromatic rings. The number of hydrogen-bond donors (Lipinski definition) is 1. The maximum atomic E-state index is 6.65. The van der Waals surface area contributed by atoms with Crippen molar-refractivity contribution in [1.82, 2.24) is 14.8 Å². The van der Waals surface area contributed by atoms with E-state index < -0.39 is 0 Å². The van der Waals surface area contributed by atoms with Crippen molar-refractivity contribution in [2.45, 2.75) is 17.0 Å². The molecule has 0 radical (unpaired) electrons. The van der Waals surface area contributed by atoms with Gasteiger partial charge in [-0.2, -0.15) is 5.10 Å². The van der Waals surface area contributed by atoms with Crippen molar-refractivity contribution in [3.63, 3.8) is 0 Å². The molecule has 0 fully saturated rings. The molecule has 0 aliphatic carbocycles. The fourth-order valence-electron chi connectivity index (χ4n) is 3.53. The first kappa shape index (κ1) is 18.9. The van der Waals surface area contributed by atoms with Crippen molar-refractivity contribution in [2.24, 2.45) is 0 Å². The fourth-order valence-corrected chi connectivity index (χ4v) is 5.53. The van der Waals surface area contributed by atoms with Gasteiger partial charge in [0.1, 0.15) is 5.82 Å². The molecule has 0 aliphatic rings. The molecule has 30 heavy (non-hydrogen) atoms. The van der Waals surface area contributed by atoms with E-state index in [1.807, 2.05) is 47.1 Å². The Morgan fingerprint density at radius 1 is 0.933 bits per heavy atom. The van der Waals surface area contributed by atoms with Crippen LogP contribution in [0.4, 0.5) is 5.82 Å². The predicted octanol–water partition coefficient (Wildman–Crippen LogP) is 6.33. The molecular formula is C24H20N4S2. The van der Waals surface area contributed by atoms with Crippen LogP contribution in [0.2, 0.25) is 0 Å². The minimum Gasteiger partial charge on any atom is -0.383 e. The molecule has 3 aromatic carbocycles. The number of nitrogens with zero attached hydrogens (tertiary/aromatic N) is 3. The van der Waals surface area contributed by atoms with Gasteiger partial charge in [-0.3, -0.25) is 0 Å². The van der Waals surface area contributed by atoms with Gasteiger partial charge in [-0.05, 0) is 36.2 Å². The van der Waals surface area contributed by atoms with Gasteiger partial charge in [-0.15, -0.1) is 11.3 Å². The Morgan fingerprint density at radius 2 is 1.67 bits per heavy atom. The van der Waals surface area contributed by atoms with Crippen LogP contribution < -0.4 is 5.73 Å². The number of hydrogen-bond acceptors (Lipinski definition) is 5. The van der Waals surface area contributed by atoms with Crippen molar-refractivity contribution in [1.29, 1.82) is 0 Å². The highest BCUT2D eigenvalue weighted by molar-refractivity contribution is 8.00. The number of nitrogen functional groups attached to an aromatic ring is 1.